The number of ether oxygens (including phenoxy) is 5. The lowest BCUT2D eigenvalue weighted by molar-refractivity contribution is -0.129. The molecule has 2 heterocycles. The average molecular weight is 389 g/mol. The molecule has 4 rings (SSSR count). The van der Waals surface area contributed by atoms with E-state index in [-0.39, 0.29) is 35.5 Å². The number of carbonyl (C=O) groups is 1. The topological polar surface area (TPSA) is 75.6 Å². The number of cyclic esters (lactones) is 1. The van der Waals surface area contributed by atoms with E-state index in [2.05, 4.69) is 9.73 Å². The van der Waals surface area contributed by atoms with Crippen LogP contribution in [0.1, 0.15) is 11.1 Å². The van der Waals surface area contributed by atoms with E-state index >= 15 is 0 Å². The SMILES string of the molecule is COc1cccc(/C=C2\N=C(c3ccc4c(c3)OCO4)OC2=O)c1OC(F)F. The number of para-hydroxylation sites is 1. The molecule has 7 nitrogen and oxygen atoms in total. The summed E-state index contributed by atoms with van der Waals surface area (Å²) in [6.07, 6.45) is 1.29. The Hall–Kier alpha value is -3.62. The highest BCUT2D eigenvalue weighted by Gasteiger charge is 2.27. The van der Waals surface area contributed by atoms with Gasteiger partial charge in [-0.1, -0.05) is 12.1 Å². The number of halogens is 2. The molecular formula is C19H13F2NO6. The predicted molar refractivity (Wildman–Crippen MR) is 92.8 cm³/mol. The minimum absolute atomic E-state index is 0.0637. The van der Waals surface area contributed by atoms with Crippen LogP contribution in [-0.4, -0.2) is 32.4 Å². The lowest BCUT2D eigenvalue weighted by Crippen LogP contribution is -2.06. The third-order valence-electron chi connectivity index (χ3n) is 3.97. The third kappa shape index (κ3) is 3.34. The smallest absolute Gasteiger partial charge is 0.387 e. The van der Waals surface area contributed by atoms with E-state index in [1.54, 1.807) is 24.3 Å². The molecule has 0 saturated heterocycles. The summed E-state index contributed by atoms with van der Waals surface area (Å²) in [5.41, 5.74) is 0.637. The second-order valence-corrected chi connectivity index (χ2v) is 5.66. The summed E-state index contributed by atoms with van der Waals surface area (Å²) < 4.78 is 50.8. The molecule has 2 aliphatic rings. The Bertz CT molecular complexity index is 1000. The fraction of sp³-hybridized carbons (Fsp3) is 0.158. The zero-order valence-electron chi connectivity index (χ0n) is 14.5. The first kappa shape index (κ1) is 17.8. The van der Waals surface area contributed by atoms with Crippen molar-refractivity contribution in [3.05, 3.63) is 53.2 Å². The second kappa shape index (κ2) is 7.18. The highest BCUT2D eigenvalue weighted by atomic mass is 19.3. The van der Waals surface area contributed by atoms with Crippen molar-refractivity contribution in [3.63, 3.8) is 0 Å². The molecule has 0 aromatic heterocycles. The molecule has 0 spiro atoms. The molecular weight excluding hydrogens is 376 g/mol. The molecule has 0 fully saturated rings. The largest absolute Gasteiger partial charge is 0.493 e. The number of methoxy groups -OCH3 is 1. The summed E-state index contributed by atoms with van der Waals surface area (Å²) in [6.45, 7) is -2.95. The maximum atomic E-state index is 12.8. The molecule has 0 bridgehead atoms. The van der Waals surface area contributed by atoms with E-state index in [9.17, 15) is 13.6 Å². The predicted octanol–water partition coefficient (Wildman–Crippen LogP) is 3.37. The molecule has 0 unspecified atom stereocenters. The van der Waals surface area contributed by atoms with Crippen molar-refractivity contribution >= 4 is 17.9 Å². The monoisotopic (exact) mass is 389 g/mol. The lowest BCUT2D eigenvalue weighted by atomic mass is 10.1. The van der Waals surface area contributed by atoms with Gasteiger partial charge in [-0.2, -0.15) is 8.78 Å². The van der Waals surface area contributed by atoms with E-state index in [0.29, 0.717) is 17.1 Å². The molecule has 2 aromatic rings. The number of hydrogen-bond acceptors (Lipinski definition) is 7. The van der Waals surface area contributed by atoms with Crippen LogP contribution in [-0.2, 0) is 9.53 Å². The van der Waals surface area contributed by atoms with Crippen LogP contribution in [0.15, 0.2) is 47.1 Å². The van der Waals surface area contributed by atoms with Crippen molar-refractivity contribution < 1.29 is 37.3 Å². The first-order valence-corrected chi connectivity index (χ1v) is 8.09. The number of nitrogens with zero attached hydrogens (tertiary/aromatic N) is 1. The standard InChI is InChI=1S/C19H13F2NO6/c1-24-14-4-2-3-10(16(14)27-19(20)21)7-12-18(23)28-17(22-12)11-5-6-13-15(8-11)26-9-25-13/h2-8,19H,9H2,1H3/b12-7-. The van der Waals surface area contributed by atoms with Gasteiger partial charge in [-0.3, -0.25) is 0 Å². The zero-order chi connectivity index (χ0) is 19.7. The molecule has 144 valence electrons. The van der Waals surface area contributed by atoms with Crippen LogP contribution in [0.3, 0.4) is 0 Å². The third-order valence-corrected chi connectivity index (χ3v) is 3.97. The van der Waals surface area contributed by atoms with E-state index in [4.69, 9.17) is 18.9 Å². The van der Waals surface area contributed by atoms with E-state index in [0.717, 1.165) is 0 Å². The van der Waals surface area contributed by atoms with Crippen LogP contribution >= 0.6 is 0 Å². The van der Waals surface area contributed by atoms with Crippen molar-refractivity contribution in [1.82, 2.24) is 0 Å². The van der Waals surface area contributed by atoms with Crippen molar-refractivity contribution in [2.75, 3.05) is 13.9 Å². The second-order valence-electron chi connectivity index (χ2n) is 5.66. The lowest BCUT2D eigenvalue weighted by Gasteiger charge is -2.12. The van der Waals surface area contributed by atoms with Crippen molar-refractivity contribution in [2.45, 2.75) is 6.61 Å². The Labute approximate surface area is 157 Å². The summed E-state index contributed by atoms with van der Waals surface area (Å²) in [5.74, 6) is 0.323. The quantitative estimate of drug-likeness (QED) is 0.577. The zero-order valence-corrected chi connectivity index (χ0v) is 14.5. The maximum Gasteiger partial charge on any atom is 0.387 e. The first-order chi connectivity index (χ1) is 13.5. The van der Waals surface area contributed by atoms with Crippen LogP contribution in [0.5, 0.6) is 23.0 Å². The fourth-order valence-electron chi connectivity index (χ4n) is 2.73. The fourth-order valence-corrected chi connectivity index (χ4v) is 2.73. The highest BCUT2D eigenvalue weighted by Crippen LogP contribution is 2.36. The van der Waals surface area contributed by atoms with Gasteiger partial charge >= 0.3 is 12.6 Å². The molecule has 0 aliphatic carbocycles. The Morgan fingerprint density at radius 3 is 2.79 bits per heavy atom. The number of aliphatic imine (C=N–C) groups is 1. The number of benzene rings is 2. The minimum atomic E-state index is -3.06. The molecule has 0 N–H and O–H groups in total. The number of rotatable bonds is 5. The van der Waals surface area contributed by atoms with Gasteiger partial charge in [0.05, 0.1) is 7.11 Å². The maximum absolute atomic E-state index is 12.8. The Balaban J connectivity index is 1.70. The molecule has 9 heteroatoms. The van der Waals surface area contributed by atoms with Gasteiger partial charge in [0, 0.05) is 11.1 Å². The van der Waals surface area contributed by atoms with Crippen LogP contribution in [0.4, 0.5) is 8.78 Å². The molecule has 2 aliphatic heterocycles. The van der Waals surface area contributed by atoms with Crippen LogP contribution in [0.25, 0.3) is 6.08 Å². The van der Waals surface area contributed by atoms with Gasteiger partial charge in [0.25, 0.3) is 0 Å². The van der Waals surface area contributed by atoms with Gasteiger partial charge in [-0.05, 0) is 30.3 Å². The first-order valence-electron chi connectivity index (χ1n) is 8.09. The molecule has 2 aromatic carbocycles. The van der Waals surface area contributed by atoms with Gasteiger partial charge in [-0.15, -0.1) is 0 Å². The van der Waals surface area contributed by atoms with Gasteiger partial charge < -0.3 is 23.7 Å². The van der Waals surface area contributed by atoms with Crippen LogP contribution < -0.4 is 18.9 Å². The van der Waals surface area contributed by atoms with Crippen molar-refractivity contribution in [2.24, 2.45) is 4.99 Å². The van der Waals surface area contributed by atoms with E-state index < -0.39 is 12.6 Å². The normalized spacial score (nSPS) is 16.4. The number of fused-ring (bicyclic) bond motifs is 1. The molecule has 28 heavy (non-hydrogen) atoms. The van der Waals surface area contributed by atoms with Crippen LogP contribution in [0.2, 0.25) is 0 Å². The summed E-state index contributed by atoms with van der Waals surface area (Å²) in [6, 6.07) is 9.51. The van der Waals surface area contributed by atoms with Gasteiger partial charge in [-0.25, -0.2) is 9.79 Å². The molecule has 0 amide bonds. The van der Waals surface area contributed by atoms with Gasteiger partial charge in [0.2, 0.25) is 12.7 Å². The van der Waals surface area contributed by atoms with Gasteiger partial charge in [0.15, 0.2) is 28.7 Å². The summed E-state index contributed by atoms with van der Waals surface area (Å²) in [7, 11) is 1.32. The Kier molecular flexibility index (Phi) is 4.56. The number of esters is 1. The summed E-state index contributed by atoms with van der Waals surface area (Å²) >= 11 is 0. The van der Waals surface area contributed by atoms with Crippen molar-refractivity contribution in [1.29, 1.82) is 0 Å². The Morgan fingerprint density at radius 1 is 1.18 bits per heavy atom. The number of hydrogen-bond donors (Lipinski definition) is 0. The highest BCUT2D eigenvalue weighted by molar-refractivity contribution is 6.13. The minimum Gasteiger partial charge on any atom is -0.493 e. The average Bonchev–Trinajstić information content (AvgIpc) is 3.28. The van der Waals surface area contributed by atoms with Crippen molar-refractivity contribution in [3.8, 4) is 23.0 Å². The number of alkyl halides is 2. The summed E-state index contributed by atoms with van der Waals surface area (Å²) in [5, 5.41) is 0. The summed E-state index contributed by atoms with van der Waals surface area (Å²) in [4.78, 5) is 16.4. The Morgan fingerprint density at radius 2 is 2.00 bits per heavy atom. The van der Waals surface area contributed by atoms with E-state index in [1.165, 1.54) is 25.3 Å². The number of carbonyl (C=O) groups excluding carboxylic acids is 1. The molecule has 0 atom stereocenters. The van der Waals surface area contributed by atoms with E-state index in [1.807, 2.05) is 0 Å². The molecule has 0 radical (unpaired) electrons. The van der Waals surface area contributed by atoms with Gasteiger partial charge in [0.1, 0.15) is 0 Å². The molecule has 0 saturated carbocycles. The van der Waals surface area contributed by atoms with Crippen LogP contribution in [0, 0.1) is 0 Å².